The van der Waals surface area contributed by atoms with Crippen LogP contribution in [0.15, 0.2) is 30.3 Å². The van der Waals surface area contributed by atoms with Crippen molar-refractivity contribution < 1.29 is 0 Å². The topological polar surface area (TPSA) is 15.3 Å². The molecule has 1 aliphatic heterocycles. The summed E-state index contributed by atoms with van der Waals surface area (Å²) in [6.07, 6.45) is 1.36. The van der Waals surface area contributed by atoms with E-state index in [-0.39, 0.29) is 0 Å². The summed E-state index contributed by atoms with van der Waals surface area (Å²) >= 11 is 0. The van der Waals surface area contributed by atoms with E-state index in [2.05, 4.69) is 47.5 Å². The van der Waals surface area contributed by atoms with Crippen LogP contribution >= 0.6 is 0 Å². The summed E-state index contributed by atoms with van der Waals surface area (Å²) in [6.45, 7) is 5.87. The second-order valence-corrected chi connectivity index (χ2v) is 5.17. The maximum Gasteiger partial charge on any atom is 0.0172 e. The number of benzene rings is 1. The van der Waals surface area contributed by atoms with E-state index in [4.69, 9.17) is 0 Å². The number of hydrogen-bond donors (Lipinski definition) is 1. The van der Waals surface area contributed by atoms with Gasteiger partial charge in [-0.3, -0.25) is 4.90 Å². The molecule has 0 bridgehead atoms. The summed E-state index contributed by atoms with van der Waals surface area (Å²) in [5, 5.41) is 3.51. The molecule has 2 fully saturated rings. The molecule has 1 saturated heterocycles. The zero-order chi connectivity index (χ0) is 11.0. The maximum absolute atomic E-state index is 3.51. The van der Waals surface area contributed by atoms with Crippen LogP contribution in [0.5, 0.6) is 0 Å². The van der Waals surface area contributed by atoms with Gasteiger partial charge in [0.25, 0.3) is 0 Å². The monoisotopic (exact) mass is 216 g/mol. The van der Waals surface area contributed by atoms with Gasteiger partial charge in [0.15, 0.2) is 0 Å². The highest BCUT2D eigenvalue weighted by molar-refractivity contribution is 5.28. The second kappa shape index (κ2) is 4.19. The first-order chi connectivity index (χ1) is 7.84. The molecule has 3 atom stereocenters. The van der Waals surface area contributed by atoms with Gasteiger partial charge in [0, 0.05) is 37.6 Å². The minimum Gasteiger partial charge on any atom is -0.312 e. The molecule has 0 spiro atoms. The molecule has 86 valence electrons. The molecular formula is C14H20N2. The first-order valence-corrected chi connectivity index (χ1v) is 6.37. The molecule has 1 N–H and O–H groups in total. The van der Waals surface area contributed by atoms with Crippen LogP contribution in [0, 0.1) is 0 Å². The summed E-state index contributed by atoms with van der Waals surface area (Å²) in [5.74, 6) is 0.798. The standard InChI is InChI=1S/C14H20N2/c1-11-10-16(8-7-15-11)14-9-13(14)12-5-3-2-4-6-12/h2-6,11,13-15H,7-10H2,1H3. The zero-order valence-corrected chi connectivity index (χ0v) is 9.89. The molecule has 1 aromatic rings. The molecule has 1 heterocycles. The molecule has 0 radical (unpaired) electrons. The van der Waals surface area contributed by atoms with E-state index in [9.17, 15) is 0 Å². The summed E-state index contributed by atoms with van der Waals surface area (Å²) in [4.78, 5) is 2.67. The fraction of sp³-hybridized carbons (Fsp3) is 0.571. The normalized spacial score (nSPS) is 34.9. The van der Waals surface area contributed by atoms with Gasteiger partial charge in [-0.1, -0.05) is 30.3 Å². The molecule has 0 amide bonds. The van der Waals surface area contributed by atoms with E-state index in [1.54, 1.807) is 0 Å². The van der Waals surface area contributed by atoms with Crippen molar-refractivity contribution in [2.75, 3.05) is 19.6 Å². The van der Waals surface area contributed by atoms with Crippen molar-refractivity contribution in [1.29, 1.82) is 0 Å². The Kier molecular flexibility index (Phi) is 2.70. The Bertz CT molecular complexity index is 349. The van der Waals surface area contributed by atoms with Crippen LogP contribution in [0.25, 0.3) is 0 Å². The average Bonchev–Trinajstić information content (AvgIpc) is 3.10. The molecule has 1 saturated carbocycles. The number of nitrogens with zero attached hydrogens (tertiary/aromatic N) is 1. The van der Waals surface area contributed by atoms with Crippen LogP contribution in [0.3, 0.4) is 0 Å². The van der Waals surface area contributed by atoms with Crippen LogP contribution < -0.4 is 5.32 Å². The smallest absolute Gasteiger partial charge is 0.0172 e. The molecule has 1 aromatic carbocycles. The summed E-state index contributed by atoms with van der Waals surface area (Å²) in [7, 11) is 0. The molecule has 2 aliphatic rings. The SMILES string of the molecule is CC1CN(C2CC2c2ccccc2)CCN1. The molecule has 16 heavy (non-hydrogen) atoms. The zero-order valence-electron chi connectivity index (χ0n) is 9.89. The molecule has 1 aliphatic carbocycles. The lowest BCUT2D eigenvalue weighted by Gasteiger charge is -2.32. The highest BCUT2D eigenvalue weighted by atomic mass is 15.2. The van der Waals surface area contributed by atoms with Crippen LogP contribution in [-0.4, -0.2) is 36.6 Å². The van der Waals surface area contributed by atoms with Gasteiger partial charge in [-0.15, -0.1) is 0 Å². The van der Waals surface area contributed by atoms with Crippen molar-refractivity contribution in [3.63, 3.8) is 0 Å². The van der Waals surface area contributed by atoms with E-state index in [1.807, 2.05) is 0 Å². The number of nitrogens with one attached hydrogen (secondary N) is 1. The summed E-state index contributed by atoms with van der Waals surface area (Å²) < 4.78 is 0. The lowest BCUT2D eigenvalue weighted by molar-refractivity contribution is 0.195. The molecule has 2 heteroatoms. The van der Waals surface area contributed by atoms with Crippen LogP contribution in [0.2, 0.25) is 0 Å². The van der Waals surface area contributed by atoms with Crippen LogP contribution in [-0.2, 0) is 0 Å². The second-order valence-electron chi connectivity index (χ2n) is 5.17. The maximum atomic E-state index is 3.51. The third kappa shape index (κ3) is 2.00. The van der Waals surface area contributed by atoms with Gasteiger partial charge in [0.05, 0.1) is 0 Å². The van der Waals surface area contributed by atoms with Gasteiger partial charge in [-0.05, 0) is 18.9 Å². The van der Waals surface area contributed by atoms with E-state index in [0.717, 1.165) is 18.5 Å². The van der Waals surface area contributed by atoms with Gasteiger partial charge < -0.3 is 5.32 Å². The summed E-state index contributed by atoms with van der Waals surface area (Å²) in [6, 6.07) is 12.4. The predicted octanol–water partition coefficient (Wildman–Crippen LogP) is 1.84. The minimum atomic E-state index is 0.658. The average molecular weight is 216 g/mol. The lowest BCUT2D eigenvalue weighted by atomic mass is 10.1. The van der Waals surface area contributed by atoms with Gasteiger partial charge in [0.2, 0.25) is 0 Å². The van der Waals surface area contributed by atoms with E-state index >= 15 is 0 Å². The van der Waals surface area contributed by atoms with Crippen molar-refractivity contribution in [2.45, 2.75) is 31.3 Å². The Morgan fingerprint density at radius 1 is 1.25 bits per heavy atom. The number of hydrogen-bond acceptors (Lipinski definition) is 2. The molecule has 2 nitrogen and oxygen atoms in total. The van der Waals surface area contributed by atoms with Gasteiger partial charge in [0.1, 0.15) is 0 Å². The van der Waals surface area contributed by atoms with Crippen molar-refractivity contribution in [2.24, 2.45) is 0 Å². The van der Waals surface area contributed by atoms with E-state index < -0.39 is 0 Å². The molecule has 3 rings (SSSR count). The highest BCUT2D eigenvalue weighted by Crippen LogP contribution is 2.44. The first-order valence-electron chi connectivity index (χ1n) is 6.37. The fourth-order valence-electron chi connectivity index (χ4n) is 2.91. The Hall–Kier alpha value is -0.860. The lowest BCUT2D eigenvalue weighted by Crippen LogP contribution is -2.50. The predicted molar refractivity (Wildman–Crippen MR) is 66.6 cm³/mol. The van der Waals surface area contributed by atoms with Gasteiger partial charge in [-0.2, -0.15) is 0 Å². The fourth-order valence-corrected chi connectivity index (χ4v) is 2.91. The Balaban J connectivity index is 1.63. The van der Waals surface area contributed by atoms with Crippen LogP contribution in [0.1, 0.15) is 24.8 Å². The number of rotatable bonds is 2. The Labute approximate surface area is 97.6 Å². The van der Waals surface area contributed by atoms with Gasteiger partial charge in [-0.25, -0.2) is 0 Å². The van der Waals surface area contributed by atoms with Crippen molar-refractivity contribution in [3.05, 3.63) is 35.9 Å². The number of piperazine rings is 1. The van der Waals surface area contributed by atoms with Gasteiger partial charge >= 0.3 is 0 Å². The van der Waals surface area contributed by atoms with E-state index in [1.165, 1.54) is 25.1 Å². The van der Waals surface area contributed by atoms with Crippen LogP contribution in [0.4, 0.5) is 0 Å². The quantitative estimate of drug-likeness (QED) is 0.811. The Morgan fingerprint density at radius 3 is 2.81 bits per heavy atom. The third-order valence-electron chi connectivity index (χ3n) is 3.85. The van der Waals surface area contributed by atoms with Crippen molar-refractivity contribution in [1.82, 2.24) is 10.2 Å². The van der Waals surface area contributed by atoms with Crippen molar-refractivity contribution >= 4 is 0 Å². The Morgan fingerprint density at radius 2 is 2.06 bits per heavy atom. The van der Waals surface area contributed by atoms with Crippen molar-refractivity contribution in [3.8, 4) is 0 Å². The minimum absolute atomic E-state index is 0.658. The first kappa shape index (κ1) is 10.3. The largest absolute Gasteiger partial charge is 0.312 e. The third-order valence-corrected chi connectivity index (χ3v) is 3.85. The van der Waals surface area contributed by atoms with E-state index in [0.29, 0.717) is 6.04 Å². The highest BCUT2D eigenvalue weighted by Gasteiger charge is 2.43. The molecular weight excluding hydrogens is 196 g/mol. The summed E-state index contributed by atoms with van der Waals surface area (Å²) in [5.41, 5.74) is 1.53. The molecule has 0 aromatic heterocycles. The molecule has 3 unspecified atom stereocenters.